The van der Waals surface area contributed by atoms with Gasteiger partial charge in [-0.15, -0.1) is 0 Å². The van der Waals surface area contributed by atoms with Crippen molar-refractivity contribution in [3.8, 4) is 0 Å². The molecule has 1 rings (SSSR count). The fraction of sp³-hybridized carbons (Fsp3) is 1.00. The molecule has 3 atom stereocenters. The normalized spacial score (nSPS) is 32.8. The lowest BCUT2D eigenvalue weighted by molar-refractivity contribution is -0.184. The molecule has 0 spiro atoms. The molecule has 0 amide bonds. The molecule has 0 saturated heterocycles. The average Bonchev–Trinajstić information content (AvgIpc) is 2.06. The molecule has 1 fully saturated rings. The van der Waals surface area contributed by atoms with Crippen molar-refractivity contribution >= 4 is 0 Å². The molecule has 1 saturated carbocycles. The van der Waals surface area contributed by atoms with E-state index in [2.05, 4.69) is 26.1 Å². The second-order valence-electron chi connectivity index (χ2n) is 4.82. The molecule has 0 bridgehead atoms. The van der Waals surface area contributed by atoms with Crippen LogP contribution in [0.25, 0.3) is 0 Å². The molecule has 3 nitrogen and oxygen atoms in total. The summed E-state index contributed by atoms with van der Waals surface area (Å²) >= 11 is 0. The summed E-state index contributed by atoms with van der Waals surface area (Å²) in [6.45, 7) is 9.04. The molecule has 0 aliphatic heterocycles. The fourth-order valence-electron chi connectivity index (χ4n) is 1.85. The van der Waals surface area contributed by atoms with Crippen molar-refractivity contribution in [3.05, 3.63) is 0 Å². The quantitative estimate of drug-likeness (QED) is 0.749. The Morgan fingerprint density at radius 3 is 2.43 bits per heavy atom. The molecule has 0 radical (unpaired) electrons. The molecule has 1 aliphatic rings. The molecule has 3 heteroatoms. The van der Waals surface area contributed by atoms with Crippen molar-refractivity contribution in [1.82, 2.24) is 5.32 Å². The minimum absolute atomic E-state index is 0.0707. The van der Waals surface area contributed by atoms with Gasteiger partial charge < -0.3 is 14.8 Å². The van der Waals surface area contributed by atoms with Crippen LogP contribution in [0, 0.1) is 0 Å². The third kappa shape index (κ3) is 2.94. The Morgan fingerprint density at radius 2 is 2.00 bits per heavy atom. The van der Waals surface area contributed by atoms with E-state index < -0.39 is 0 Å². The minimum atomic E-state index is -0.0707. The lowest BCUT2D eigenvalue weighted by atomic mass is 9.85. The van der Waals surface area contributed by atoms with E-state index in [4.69, 9.17) is 9.47 Å². The SMILES string of the molecule is CCOC1C(NC)CC1OC(C)(C)C. The maximum absolute atomic E-state index is 5.91. The molecule has 84 valence electrons. The largest absolute Gasteiger partial charge is 0.374 e. The second kappa shape index (κ2) is 4.60. The highest BCUT2D eigenvalue weighted by molar-refractivity contribution is 4.97. The van der Waals surface area contributed by atoms with Crippen LogP contribution in [0.2, 0.25) is 0 Å². The van der Waals surface area contributed by atoms with E-state index in [1.807, 2.05) is 14.0 Å². The topological polar surface area (TPSA) is 30.5 Å². The van der Waals surface area contributed by atoms with E-state index in [-0.39, 0.29) is 17.8 Å². The van der Waals surface area contributed by atoms with Crippen molar-refractivity contribution in [2.45, 2.75) is 58.0 Å². The smallest absolute Gasteiger partial charge is 0.0990 e. The van der Waals surface area contributed by atoms with Gasteiger partial charge in [0.15, 0.2) is 0 Å². The maximum atomic E-state index is 5.91. The summed E-state index contributed by atoms with van der Waals surface area (Å²) in [7, 11) is 1.98. The molecule has 1 aliphatic carbocycles. The van der Waals surface area contributed by atoms with E-state index in [1.54, 1.807) is 0 Å². The highest BCUT2D eigenvalue weighted by Gasteiger charge is 2.43. The third-order valence-corrected chi connectivity index (χ3v) is 2.48. The van der Waals surface area contributed by atoms with Crippen LogP contribution in [-0.4, -0.2) is 37.5 Å². The van der Waals surface area contributed by atoms with Gasteiger partial charge in [0.1, 0.15) is 0 Å². The van der Waals surface area contributed by atoms with Crippen molar-refractivity contribution in [2.75, 3.05) is 13.7 Å². The highest BCUT2D eigenvalue weighted by Crippen LogP contribution is 2.30. The van der Waals surface area contributed by atoms with Crippen LogP contribution in [-0.2, 0) is 9.47 Å². The lowest BCUT2D eigenvalue weighted by Crippen LogP contribution is -2.60. The number of rotatable bonds is 4. The first kappa shape index (κ1) is 12.0. The van der Waals surface area contributed by atoms with Crippen molar-refractivity contribution in [2.24, 2.45) is 0 Å². The van der Waals surface area contributed by atoms with Gasteiger partial charge in [0.05, 0.1) is 17.8 Å². The summed E-state index contributed by atoms with van der Waals surface area (Å²) in [5.41, 5.74) is -0.0707. The molecular weight excluding hydrogens is 178 g/mol. The van der Waals surface area contributed by atoms with Crippen LogP contribution < -0.4 is 5.32 Å². The van der Waals surface area contributed by atoms with E-state index in [1.165, 1.54) is 0 Å². The van der Waals surface area contributed by atoms with Crippen LogP contribution >= 0.6 is 0 Å². The summed E-state index contributed by atoms with van der Waals surface area (Å²) < 4.78 is 11.6. The zero-order valence-electron chi connectivity index (χ0n) is 9.96. The van der Waals surface area contributed by atoms with Gasteiger partial charge >= 0.3 is 0 Å². The summed E-state index contributed by atoms with van der Waals surface area (Å²) in [6.07, 6.45) is 1.54. The van der Waals surface area contributed by atoms with Crippen molar-refractivity contribution in [1.29, 1.82) is 0 Å². The maximum Gasteiger partial charge on any atom is 0.0990 e. The minimum Gasteiger partial charge on any atom is -0.374 e. The first-order valence-electron chi connectivity index (χ1n) is 5.44. The Balaban J connectivity index is 2.40. The van der Waals surface area contributed by atoms with Crippen LogP contribution in [0.1, 0.15) is 34.1 Å². The van der Waals surface area contributed by atoms with E-state index >= 15 is 0 Å². The third-order valence-electron chi connectivity index (χ3n) is 2.48. The zero-order valence-corrected chi connectivity index (χ0v) is 9.96. The van der Waals surface area contributed by atoms with E-state index in [0.717, 1.165) is 13.0 Å². The van der Waals surface area contributed by atoms with E-state index in [0.29, 0.717) is 6.04 Å². The molecule has 0 aromatic carbocycles. The predicted octanol–water partition coefficient (Wildman–Crippen LogP) is 1.57. The Labute approximate surface area is 87.2 Å². The Hall–Kier alpha value is -0.120. The first-order chi connectivity index (χ1) is 6.48. The Bertz CT molecular complexity index is 177. The van der Waals surface area contributed by atoms with Crippen molar-refractivity contribution < 1.29 is 9.47 Å². The van der Waals surface area contributed by atoms with Gasteiger partial charge in [-0.2, -0.15) is 0 Å². The standard InChI is InChI=1S/C11H23NO2/c1-6-13-10-8(12-5)7-9(10)14-11(2,3)4/h8-10,12H,6-7H2,1-5H3. The van der Waals surface area contributed by atoms with Gasteiger partial charge in [0.25, 0.3) is 0 Å². The lowest BCUT2D eigenvalue weighted by Gasteiger charge is -2.46. The van der Waals surface area contributed by atoms with Crippen LogP contribution in [0.3, 0.4) is 0 Å². The summed E-state index contributed by atoms with van der Waals surface area (Å²) in [5.74, 6) is 0. The molecular formula is C11H23NO2. The summed E-state index contributed by atoms with van der Waals surface area (Å²) in [4.78, 5) is 0. The average molecular weight is 201 g/mol. The number of hydrogen-bond donors (Lipinski definition) is 1. The van der Waals surface area contributed by atoms with Gasteiger partial charge in [-0.3, -0.25) is 0 Å². The molecule has 3 unspecified atom stereocenters. The van der Waals surface area contributed by atoms with Gasteiger partial charge in [0.2, 0.25) is 0 Å². The first-order valence-corrected chi connectivity index (χ1v) is 5.44. The summed E-state index contributed by atoms with van der Waals surface area (Å²) in [5, 5.41) is 3.25. The van der Waals surface area contributed by atoms with Crippen LogP contribution in [0.4, 0.5) is 0 Å². The molecule has 0 aromatic heterocycles. The number of ether oxygens (including phenoxy) is 2. The van der Waals surface area contributed by atoms with Gasteiger partial charge in [-0.25, -0.2) is 0 Å². The van der Waals surface area contributed by atoms with Crippen LogP contribution in [0.15, 0.2) is 0 Å². The Morgan fingerprint density at radius 1 is 1.36 bits per heavy atom. The highest BCUT2D eigenvalue weighted by atomic mass is 16.6. The predicted molar refractivity (Wildman–Crippen MR) is 57.5 cm³/mol. The molecule has 0 heterocycles. The van der Waals surface area contributed by atoms with Crippen LogP contribution in [0.5, 0.6) is 0 Å². The molecule has 0 aromatic rings. The summed E-state index contributed by atoms with van der Waals surface area (Å²) in [6, 6.07) is 0.460. The number of likely N-dealkylation sites (N-methyl/N-ethyl adjacent to an activating group) is 1. The molecule has 14 heavy (non-hydrogen) atoms. The Kier molecular flexibility index (Phi) is 3.93. The van der Waals surface area contributed by atoms with Gasteiger partial charge in [0, 0.05) is 12.6 Å². The number of nitrogens with one attached hydrogen (secondary N) is 1. The fourth-order valence-corrected chi connectivity index (χ4v) is 1.85. The second-order valence-corrected chi connectivity index (χ2v) is 4.82. The van der Waals surface area contributed by atoms with Gasteiger partial charge in [-0.05, 0) is 41.2 Å². The van der Waals surface area contributed by atoms with Crippen molar-refractivity contribution in [3.63, 3.8) is 0 Å². The number of hydrogen-bond acceptors (Lipinski definition) is 3. The van der Waals surface area contributed by atoms with E-state index in [9.17, 15) is 0 Å². The monoisotopic (exact) mass is 201 g/mol. The molecule has 1 N–H and O–H groups in total. The van der Waals surface area contributed by atoms with Gasteiger partial charge in [-0.1, -0.05) is 0 Å². The zero-order chi connectivity index (χ0) is 10.8.